The Morgan fingerprint density at radius 2 is 2.31 bits per heavy atom. The van der Waals surface area contributed by atoms with Crippen molar-refractivity contribution in [2.75, 3.05) is 19.0 Å². The van der Waals surface area contributed by atoms with Gasteiger partial charge in [0.1, 0.15) is 0 Å². The molecule has 0 radical (unpaired) electrons. The summed E-state index contributed by atoms with van der Waals surface area (Å²) >= 11 is 5.54. The second kappa shape index (κ2) is 4.29. The lowest BCUT2D eigenvalue weighted by molar-refractivity contribution is -0.124. The van der Waals surface area contributed by atoms with Gasteiger partial charge in [-0.25, -0.2) is 0 Å². The molecular formula is C9H16ClNO2. The van der Waals surface area contributed by atoms with Crippen LogP contribution < -0.4 is 5.32 Å². The number of alkyl halides is 1. The predicted molar refractivity (Wildman–Crippen MR) is 51.6 cm³/mol. The minimum absolute atomic E-state index is 0.0122. The Hall–Kier alpha value is -0.280. The largest absolute Gasteiger partial charge is 0.396 e. The molecule has 0 saturated heterocycles. The van der Waals surface area contributed by atoms with E-state index in [4.69, 9.17) is 16.7 Å². The molecule has 76 valence electrons. The lowest BCUT2D eigenvalue weighted by Gasteiger charge is -2.14. The van der Waals surface area contributed by atoms with E-state index < -0.39 is 0 Å². The van der Waals surface area contributed by atoms with E-state index in [1.807, 2.05) is 0 Å². The van der Waals surface area contributed by atoms with Gasteiger partial charge < -0.3 is 10.4 Å². The second-order valence-corrected chi connectivity index (χ2v) is 4.24. The number of aliphatic hydroxyl groups is 1. The molecule has 1 atom stereocenters. The number of hydrogen-bond donors (Lipinski definition) is 2. The molecule has 13 heavy (non-hydrogen) atoms. The van der Waals surface area contributed by atoms with Gasteiger partial charge in [0.05, 0.1) is 6.61 Å². The molecule has 1 unspecified atom stereocenters. The van der Waals surface area contributed by atoms with Crippen LogP contribution >= 0.6 is 11.6 Å². The summed E-state index contributed by atoms with van der Waals surface area (Å²) < 4.78 is 0. The molecule has 3 nitrogen and oxygen atoms in total. The van der Waals surface area contributed by atoms with Crippen molar-refractivity contribution < 1.29 is 9.90 Å². The SMILES string of the molecule is CC(CCl)C(=O)NCC1(CO)CC1. The van der Waals surface area contributed by atoms with E-state index in [0.717, 1.165) is 12.8 Å². The molecule has 0 aromatic carbocycles. The Labute approximate surface area is 83.5 Å². The van der Waals surface area contributed by atoms with Gasteiger partial charge in [-0.15, -0.1) is 11.6 Å². The standard InChI is InChI=1S/C9H16ClNO2/c1-7(4-10)8(13)11-5-9(6-12)2-3-9/h7,12H,2-6H2,1H3,(H,11,13). The number of rotatable bonds is 5. The zero-order valence-corrected chi connectivity index (χ0v) is 8.60. The molecule has 1 aliphatic carbocycles. The quantitative estimate of drug-likeness (QED) is 0.651. The van der Waals surface area contributed by atoms with Crippen molar-refractivity contribution in [3.8, 4) is 0 Å². The first-order chi connectivity index (χ1) is 6.13. The minimum Gasteiger partial charge on any atom is -0.396 e. The van der Waals surface area contributed by atoms with E-state index >= 15 is 0 Å². The van der Waals surface area contributed by atoms with Crippen molar-refractivity contribution in [3.05, 3.63) is 0 Å². The van der Waals surface area contributed by atoms with Crippen LogP contribution in [0.1, 0.15) is 19.8 Å². The number of hydrogen-bond acceptors (Lipinski definition) is 2. The van der Waals surface area contributed by atoms with E-state index in [1.165, 1.54) is 0 Å². The molecule has 1 aliphatic rings. The second-order valence-electron chi connectivity index (χ2n) is 3.93. The number of aliphatic hydroxyl groups excluding tert-OH is 1. The highest BCUT2D eigenvalue weighted by atomic mass is 35.5. The van der Waals surface area contributed by atoms with Crippen LogP contribution in [0.4, 0.5) is 0 Å². The third-order valence-corrected chi connectivity index (χ3v) is 3.07. The maximum Gasteiger partial charge on any atom is 0.224 e. The summed E-state index contributed by atoms with van der Waals surface area (Å²) in [7, 11) is 0. The molecule has 1 rings (SSSR count). The summed E-state index contributed by atoms with van der Waals surface area (Å²) in [4.78, 5) is 11.3. The van der Waals surface area contributed by atoms with Crippen LogP contribution in [0.3, 0.4) is 0 Å². The number of nitrogens with one attached hydrogen (secondary N) is 1. The Morgan fingerprint density at radius 1 is 1.69 bits per heavy atom. The van der Waals surface area contributed by atoms with Gasteiger partial charge in [-0.3, -0.25) is 4.79 Å². The van der Waals surface area contributed by atoms with Crippen molar-refractivity contribution >= 4 is 17.5 Å². The third-order valence-electron chi connectivity index (χ3n) is 2.61. The van der Waals surface area contributed by atoms with Gasteiger partial charge in [-0.2, -0.15) is 0 Å². The maximum absolute atomic E-state index is 11.3. The van der Waals surface area contributed by atoms with Crippen molar-refractivity contribution in [1.82, 2.24) is 5.32 Å². The van der Waals surface area contributed by atoms with E-state index in [2.05, 4.69) is 5.32 Å². The van der Waals surface area contributed by atoms with Gasteiger partial charge in [-0.05, 0) is 12.8 Å². The summed E-state index contributed by atoms with van der Waals surface area (Å²) in [6.07, 6.45) is 2.03. The molecular weight excluding hydrogens is 190 g/mol. The zero-order valence-electron chi connectivity index (χ0n) is 7.85. The number of halogens is 1. The molecule has 0 aliphatic heterocycles. The van der Waals surface area contributed by atoms with Crippen LogP contribution in [-0.2, 0) is 4.79 Å². The number of carbonyl (C=O) groups is 1. The van der Waals surface area contributed by atoms with Crippen molar-refractivity contribution in [2.24, 2.45) is 11.3 Å². The molecule has 0 bridgehead atoms. The molecule has 0 spiro atoms. The molecule has 4 heteroatoms. The summed E-state index contributed by atoms with van der Waals surface area (Å²) in [5, 5.41) is 11.8. The molecule has 1 amide bonds. The topological polar surface area (TPSA) is 49.3 Å². The smallest absolute Gasteiger partial charge is 0.224 e. The first-order valence-corrected chi connectivity index (χ1v) is 5.11. The van der Waals surface area contributed by atoms with Crippen LogP contribution in [0.5, 0.6) is 0 Å². The highest BCUT2D eigenvalue weighted by Gasteiger charge is 2.42. The van der Waals surface area contributed by atoms with Crippen LogP contribution in [0.2, 0.25) is 0 Å². The summed E-state index contributed by atoms with van der Waals surface area (Å²) in [6.45, 7) is 2.55. The summed E-state index contributed by atoms with van der Waals surface area (Å²) in [6, 6.07) is 0. The molecule has 0 heterocycles. The molecule has 1 fully saturated rings. The van der Waals surface area contributed by atoms with Gasteiger partial charge in [0, 0.05) is 23.8 Å². The van der Waals surface area contributed by atoms with Crippen LogP contribution in [0.25, 0.3) is 0 Å². The Kier molecular flexibility index (Phi) is 3.56. The lowest BCUT2D eigenvalue weighted by Crippen LogP contribution is -2.35. The fourth-order valence-electron chi connectivity index (χ4n) is 1.09. The van der Waals surface area contributed by atoms with Crippen LogP contribution in [0, 0.1) is 11.3 Å². The van der Waals surface area contributed by atoms with E-state index in [0.29, 0.717) is 12.4 Å². The number of amides is 1. The third kappa shape index (κ3) is 2.85. The zero-order chi connectivity index (χ0) is 9.90. The van der Waals surface area contributed by atoms with E-state index in [1.54, 1.807) is 6.92 Å². The summed E-state index contributed by atoms with van der Waals surface area (Å²) in [5.74, 6) is 0.184. The summed E-state index contributed by atoms with van der Waals surface area (Å²) in [5.41, 5.74) is -0.0122. The van der Waals surface area contributed by atoms with Gasteiger partial charge in [0.15, 0.2) is 0 Å². The van der Waals surface area contributed by atoms with Gasteiger partial charge in [0.2, 0.25) is 5.91 Å². The van der Waals surface area contributed by atoms with E-state index in [9.17, 15) is 4.79 Å². The first-order valence-electron chi connectivity index (χ1n) is 4.58. The Bertz CT molecular complexity index is 192. The highest BCUT2D eigenvalue weighted by molar-refractivity contribution is 6.19. The molecule has 0 aromatic heterocycles. The van der Waals surface area contributed by atoms with Gasteiger partial charge in [-0.1, -0.05) is 6.92 Å². The van der Waals surface area contributed by atoms with Crippen molar-refractivity contribution in [3.63, 3.8) is 0 Å². The maximum atomic E-state index is 11.3. The fraction of sp³-hybridized carbons (Fsp3) is 0.889. The molecule has 1 saturated carbocycles. The van der Waals surface area contributed by atoms with Gasteiger partial charge >= 0.3 is 0 Å². The average molecular weight is 206 g/mol. The lowest BCUT2D eigenvalue weighted by atomic mass is 10.1. The molecule has 0 aromatic rings. The first kappa shape index (κ1) is 10.8. The molecule has 2 N–H and O–H groups in total. The van der Waals surface area contributed by atoms with Crippen LogP contribution in [-0.4, -0.2) is 30.0 Å². The van der Waals surface area contributed by atoms with Gasteiger partial charge in [0.25, 0.3) is 0 Å². The van der Waals surface area contributed by atoms with E-state index in [-0.39, 0.29) is 23.8 Å². The fourth-order valence-corrected chi connectivity index (χ4v) is 1.23. The number of carbonyl (C=O) groups excluding carboxylic acids is 1. The average Bonchev–Trinajstić information content (AvgIpc) is 2.93. The normalized spacial score (nSPS) is 20.8. The highest BCUT2D eigenvalue weighted by Crippen LogP contribution is 2.44. The van der Waals surface area contributed by atoms with Crippen LogP contribution in [0.15, 0.2) is 0 Å². The Balaban J connectivity index is 2.22. The monoisotopic (exact) mass is 205 g/mol. The van der Waals surface area contributed by atoms with Crippen molar-refractivity contribution in [2.45, 2.75) is 19.8 Å². The van der Waals surface area contributed by atoms with Crippen molar-refractivity contribution in [1.29, 1.82) is 0 Å². The minimum atomic E-state index is -0.142. The Morgan fingerprint density at radius 3 is 2.69 bits per heavy atom. The predicted octanol–water partition coefficient (Wildman–Crippen LogP) is 0.750.